The maximum absolute atomic E-state index is 11.6. The summed E-state index contributed by atoms with van der Waals surface area (Å²) in [4.78, 5) is 35.3. The zero-order valence-corrected chi connectivity index (χ0v) is 12.5. The molecule has 16 heteroatoms. The maximum atomic E-state index is 11.6. The third-order valence-corrected chi connectivity index (χ3v) is 8.41. The highest BCUT2D eigenvalue weighted by atomic mass is 31.3. The second-order valence-corrected chi connectivity index (χ2v) is 9.16. The monoisotopic (exact) mass is 361 g/mol. The fraction of sp³-hybridized carbons (Fsp3) is 1.00. The molecule has 7 N–H and O–H groups in total. The van der Waals surface area contributed by atoms with Crippen molar-refractivity contribution >= 4 is 31.7 Å². The number of nitrogens with two attached hydrogens (primary N) is 1. The summed E-state index contributed by atoms with van der Waals surface area (Å²) in [5.41, 5.74) is 4.96. The molecule has 4 atom stereocenters. The molecule has 0 bridgehead atoms. The molecule has 19 heavy (non-hydrogen) atoms. The molecule has 0 aliphatic carbocycles. The van der Waals surface area contributed by atoms with Gasteiger partial charge in [-0.1, -0.05) is 0 Å². The molecule has 0 radical (unpaired) electrons. The van der Waals surface area contributed by atoms with Crippen molar-refractivity contribution in [2.75, 3.05) is 6.54 Å². The van der Waals surface area contributed by atoms with E-state index in [1.165, 1.54) is 0 Å². The van der Waals surface area contributed by atoms with Crippen LogP contribution in [0.2, 0.25) is 0 Å². The molecule has 0 aromatic heterocycles. The Labute approximate surface area is 108 Å². The number of rotatable bonds is 8. The average molecular weight is 361 g/mol. The van der Waals surface area contributed by atoms with Gasteiger partial charge in [0, 0.05) is 15.6 Å². The van der Waals surface area contributed by atoms with E-state index in [9.17, 15) is 33.2 Å². The molecule has 0 amide bonds. The van der Waals surface area contributed by atoms with E-state index in [2.05, 4.69) is 8.62 Å². The van der Waals surface area contributed by atoms with Crippen LogP contribution in [0.4, 0.5) is 0 Å². The lowest BCUT2D eigenvalue weighted by atomic mass is 10.5. The van der Waals surface area contributed by atoms with Gasteiger partial charge in [-0.05, 0) is 15.2 Å². The minimum absolute atomic E-state index is 0.636. The molecule has 112 valence electrons. The van der Waals surface area contributed by atoms with Gasteiger partial charge in [-0.25, -0.2) is 0 Å². The second-order valence-electron chi connectivity index (χ2n) is 2.99. The zero-order valence-electron chi connectivity index (χ0n) is 8.97. The predicted molar refractivity (Wildman–Crippen MR) is 60.1 cm³/mol. The first-order chi connectivity index (χ1) is 8.39. The number of hydrogen-bond donors (Lipinski definition) is 6. The molecule has 0 spiro atoms. The first-order valence-corrected chi connectivity index (χ1v) is 9.61. The van der Waals surface area contributed by atoms with Crippen LogP contribution in [0.5, 0.6) is 0 Å². The van der Waals surface area contributed by atoms with Gasteiger partial charge in [-0.15, -0.1) is 9.79 Å². The molecule has 12 nitrogen and oxygen atoms in total. The van der Waals surface area contributed by atoms with Crippen molar-refractivity contribution in [1.82, 2.24) is 0 Å². The standard InChI is InChI=1S/C3H9NO11P4/c4-2-1-3(5,18(10,11)14-16(6)7)19(12,13)15-17(8)9/h5H,1-2,4H2,(H2-2,6,7,8,9,10,11,12,13)/p+2. The van der Waals surface area contributed by atoms with Crippen molar-refractivity contribution in [3.8, 4) is 0 Å². The Hall–Kier alpha value is 0.340. The second kappa shape index (κ2) is 6.87. The quantitative estimate of drug-likeness (QED) is 0.307. The maximum Gasteiger partial charge on any atom is 0.703 e. The van der Waals surface area contributed by atoms with E-state index >= 15 is 0 Å². The highest BCUT2D eigenvalue weighted by Crippen LogP contribution is 2.76. The summed E-state index contributed by atoms with van der Waals surface area (Å²) < 4.78 is 51.0. The van der Waals surface area contributed by atoms with Gasteiger partial charge >= 0.3 is 31.7 Å². The largest absolute Gasteiger partial charge is 0.703 e. The van der Waals surface area contributed by atoms with E-state index in [1.807, 2.05) is 0 Å². The summed E-state index contributed by atoms with van der Waals surface area (Å²) in [6.07, 6.45) is -1.08. The van der Waals surface area contributed by atoms with Crippen LogP contribution < -0.4 is 5.73 Å². The van der Waals surface area contributed by atoms with E-state index in [-0.39, 0.29) is 0 Å². The lowest BCUT2D eigenvalue weighted by Crippen LogP contribution is -2.32. The van der Waals surface area contributed by atoms with Gasteiger partial charge in [-0.3, -0.25) is 9.13 Å². The summed E-state index contributed by atoms with van der Waals surface area (Å²) >= 11 is 0. The van der Waals surface area contributed by atoms with E-state index in [4.69, 9.17) is 15.5 Å². The molecule has 0 aromatic rings. The summed E-state index contributed by atoms with van der Waals surface area (Å²) in [6.45, 7) is -0.636. The van der Waals surface area contributed by atoms with Crippen LogP contribution in [0.3, 0.4) is 0 Å². The fourth-order valence-corrected chi connectivity index (χ4v) is 6.28. The summed E-state index contributed by atoms with van der Waals surface area (Å²) in [7, 11) is -18.6. The van der Waals surface area contributed by atoms with Crippen LogP contribution in [0.15, 0.2) is 0 Å². The molecule has 0 rings (SSSR count). The van der Waals surface area contributed by atoms with Gasteiger partial charge in [0.25, 0.3) is 5.08 Å². The first-order valence-electron chi connectivity index (χ1n) is 4.19. The molecule has 0 fully saturated rings. The highest BCUT2D eigenvalue weighted by Gasteiger charge is 2.68. The van der Waals surface area contributed by atoms with Gasteiger partial charge in [0.2, 0.25) is 0 Å². The molecule has 0 aromatic carbocycles. The lowest BCUT2D eigenvalue weighted by molar-refractivity contribution is 0.128. The number of hydrogen-bond acceptors (Lipinski definition) is 8. The Kier molecular flexibility index (Phi) is 6.99. The minimum Gasteiger partial charge on any atom is -0.367 e. The molecule has 0 saturated heterocycles. The third kappa shape index (κ3) is 4.68. The van der Waals surface area contributed by atoms with Crippen molar-refractivity contribution in [1.29, 1.82) is 0 Å². The van der Waals surface area contributed by atoms with Crippen molar-refractivity contribution in [3.05, 3.63) is 0 Å². The highest BCUT2D eigenvalue weighted by molar-refractivity contribution is 7.76. The lowest BCUT2D eigenvalue weighted by Gasteiger charge is -2.27. The molecule has 0 aliphatic rings. The normalized spacial score (nSPS) is 22.8. The third-order valence-electron chi connectivity index (χ3n) is 1.75. The van der Waals surface area contributed by atoms with Crippen LogP contribution in [0, 0.1) is 0 Å². The fourth-order valence-electron chi connectivity index (χ4n) is 0.956. The molecule has 0 heterocycles. The van der Waals surface area contributed by atoms with Crippen molar-refractivity contribution in [2.24, 2.45) is 5.73 Å². The summed E-state index contributed by atoms with van der Waals surface area (Å²) in [6, 6.07) is 0. The van der Waals surface area contributed by atoms with Crippen LogP contribution >= 0.6 is 31.7 Å². The van der Waals surface area contributed by atoms with E-state index in [1.54, 1.807) is 0 Å². The van der Waals surface area contributed by atoms with Crippen molar-refractivity contribution in [2.45, 2.75) is 11.5 Å². The van der Waals surface area contributed by atoms with Crippen molar-refractivity contribution < 1.29 is 51.6 Å². The Morgan fingerprint density at radius 1 is 1.05 bits per heavy atom. The van der Waals surface area contributed by atoms with E-state index < -0.39 is 49.8 Å². The Morgan fingerprint density at radius 2 is 1.37 bits per heavy atom. The molecular formula is C3H11NO11P4+2. The topological polar surface area (TPSA) is 214 Å². The van der Waals surface area contributed by atoms with Gasteiger partial charge in [-0.2, -0.15) is 0 Å². The van der Waals surface area contributed by atoms with Gasteiger partial charge in [0.15, 0.2) is 0 Å². The van der Waals surface area contributed by atoms with Crippen LogP contribution in [0.25, 0.3) is 0 Å². The minimum atomic E-state index is -5.60. The van der Waals surface area contributed by atoms with Crippen LogP contribution in [-0.2, 0) is 26.9 Å². The Morgan fingerprint density at radius 3 is 1.58 bits per heavy atom. The molecule has 0 aliphatic heterocycles. The molecule has 4 unspecified atom stereocenters. The Bertz CT molecular complexity index is 425. The van der Waals surface area contributed by atoms with Gasteiger partial charge in [0.05, 0.1) is 0 Å². The van der Waals surface area contributed by atoms with E-state index in [0.29, 0.717) is 0 Å². The predicted octanol–water partition coefficient (Wildman–Crippen LogP) is -0.315. The zero-order chi connectivity index (χ0) is 15.5. The van der Waals surface area contributed by atoms with Crippen molar-refractivity contribution in [3.63, 3.8) is 0 Å². The SMILES string of the molecule is NCCC(O)(P(=O)(O)O[P+](=O)O)P(=O)(O)O[P+](=O)O. The van der Waals surface area contributed by atoms with Gasteiger partial charge in [0.1, 0.15) is 0 Å². The first kappa shape index (κ1) is 19.3. The average Bonchev–Trinajstić information content (AvgIpc) is 2.12. The molecular weight excluding hydrogens is 350 g/mol. The number of aliphatic hydroxyl groups is 1. The van der Waals surface area contributed by atoms with E-state index in [0.717, 1.165) is 0 Å². The Balaban J connectivity index is 5.72. The van der Waals surface area contributed by atoms with Crippen LogP contribution in [-0.4, -0.2) is 36.3 Å². The molecule has 0 saturated carbocycles. The summed E-state index contributed by atoms with van der Waals surface area (Å²) in [5, 5.41) is 6.10. The van der Waals surface area contributed by atoms with Crippen LogP contribution in [0.1, 0.15) is 6.42 Å². The smallest absolute Gasteiger partial charge is 0.367 e. The van der Waals surface area contributed by atoms with Gasteiger partial charge < -0.3 is 20.6 Å². The summed E-state index contributed by atoms with van der Waals surface area (Å²) in [5.74, 6) is 0.